The van der Waals surface area contributed by atoms with Crippen molar-refractivity contribution in [2.45, 2.75) is 50.0 Å². The summed E-state index contributed by atoms with van der Waals surface area (Å²) in [6.45, 7) is 2.06. The Morgan fingerprint density at radius 1 is 0.907 bits per heavy atom. The highest BCUT2D eigenvalue weighted by atomic mass is 19.4. The number of alkyl halides is 9. The monoisotopic (exact) mass is 641 g/mol. The van der Waals surface area contributed by atoms with Crippen LogP contribution in [-0.2, 0) is 34.4 Å². The van der Waals surface area contributed by atoms with Crippen LogP contribution in [0, 0.1) is 0 Å². The number of likely N-dealkylation sites (N-methyl/N-ethyl adjacent to an activating group) is 1. The van der Waals surface area contributed by atoms with Gasteiger partial charge in [-0.3, -0.25) is 14.6 Å². The van der Waals surface area contributed by atoms with Crippen LogP contribution in [0.2, 0.25) is 0 Å². The molecule has 0 spiro atoms. The van der Waals surface area contributed by atoms with Crippen LogP contribution in [0.5, 0.6) is 0 Å². The number of rotatable bonds is 5. The number of aryl methyl sites for hydroxylation is 1. The van der Waals surface area contributed by atoms with Crippen molar-refractivity contribution in [2.75, 3.05) is 20.6 Å². The van der Waals surface area contributed by atoms with Crippen molar-refractivity contribution in [3.8, 4) is 0 Å². The summed E-state index contributed by atoms with van der Waals surface area (Å²) in [7, 11) is 6.35. The van der Waals surface area contributed by atoms with E-state index >= 15 is 0 Å². The first-order valence-corrected chi connectivity index (χ1v) is 11.6. The number of hydrogen-bond acceptors (Lipinski definition) is 7. The van der Waals surface area contributed by atoms with E-state index in [1.54, 1.807) is 0 Å². The number of hydrogen-bond donors (Lipinski definition) is 3. The van der Waals surface area contributed by atoms with Gasteiger partial charge in [-0.1, -0.05) is 6.07 Å². The number of carboxylic acid groups (broad SMARTS) is 3. The van der Waals surface area contributed by atoms with Crippen LogP contribution < -0.4 is 0 Å². The van der Waals surface area contributed by atoms with E-state index in [4.69, 9.17) is 29.7 Å². The van der Waals surface area contributed by atoms with Crippen molar-refractivity contribution in [2.24, 2.45) is 7.05 Å². The minimum atomic E-state index is -5.08. The Morgan fingerprint density at radius 2 is 1.37 bits per heavy atom. The number of pyridine rings is 1. The zero-order valence-corrected chi connectivity index (χ0v) is 22.7. The molecule has 1 aliphatic heterocycles. The van der Waals surface area contributed by atoms with E-state index in [1.807, 2.05) is 30.2 Å². The highest BCUT2D eigenvalue weighted by Crippen LogP contribution is 2.26. The Kier molecular flexibility index (Phi) is 15.1. The highest BCUT2D eigenvalue weighted by molar-refractivity contribution is 5.73. The van der Waals surface area contributed by atoms with Gasteiger partial charge < -0.3 is 20.2 Å². The number of aromatic nitrogens is 3. The average Bonchev–Trinajstić information content (AvgIpc) is 3.45. The molecule has 3 N–H and O–H groups in total. The molecular formula is C23H28F9N5O6. The Bertz CT molecular complexity index is 1100. The Labute approximate surface area is 238 Å². The molecule has 2 aromatic heterocycles. The van der Waals surface area contributed by atoms with E-state index in [-0.39, 0.29) is 0 Å². The molecular weight excluding hydrogens is 613 g/mol. The number of aliphatic carboxylic acids is 3. The quantitative estimate of drug-likeness (QED) is 0.415. The second-order valence-electron chi connectivity index (χ2n) is 8.81. The number of nitrogens with zero attached hydrogens (tertiary/aromatic N) is 5. The first kappa shape index (κ1) is 39.1. The van der Waals surface area contributed by atoms with E-state index in [0.29, 0.717) is 12.1 Å². The molecule has 244 valence electrons. The Hall–Kier alpha value is -3.94. The van der Waals surface area contributed by atoms with Gasteiger partial charge in [0.05, 0.1) is 11.9 Å². The van der Waals surface area contributed by atoms with Crippen LogP contribution in [-0.4, -0.2) is 109 Å². The summed E-state index contributed by atoms with van der Waals surface area (Å²) in [6.07, 6.45) is -6.99. The smallest absolute Gasteiger partial charge is 0.475 e. The summed E-state index contributed by atoms with van der Waals surface area (Å²) < 4.78 is 97.1. The van der Waals surface area contributed by atoms with Crippen LogP contribution >= 0.6 is 0 Å². The molecule has 2 atom stereocenters. The van der Waals surface area contributed by atoms with Gasteiger partial charge in [0.1, 0.15) is 0 Å². The van der Waals surface area contributed by atoms with Gasteiger partial charge in [0.15, 0.2) is 0 Å². The molecule has 43 heavy (non-hydrogen) atoms. The summed E-state index contributed by atoms with van der Waals surface area (Å²) >= 11 is 0. The molecule has 2 aromatic rings. The molecule has 0 radical (unpaired) electrons. The van der Waals surface area contributed by atoms with E-state index in [0.717, 1.165) is 25.2 Å². The second-order valence-corrected chi connectivity index (χ2v) is 8.81. The van der Waals surface area contributed by atoms with Gasteiger partial charge in [-0.2, -0.15) is 44.6 Å². The Morgan fingerprint density at radius 3 is 1.70 bits per heavy atom. The molecule has 0 unspecified atom stereocenters. The topological polar surface area (TPSA) is 149 Å². The molecule has 0 aliphatic carbocycles. The largest absolute Gasteiger partial charge is 0.490 e. The zero-order chi connectivity index (χ0) is 33.8. The lowest BCUT2D eigenvalue weighted by Crippen LogP contribution is -2.43. The van der Waals surface area contributed by atoms with Gasteiger partial charge in [0.25, 0.3) is 0 Å². The van der Waals surface area contributed by atoms with Gasteiger partial charge in [-0.15, -0.1) is 0 Å². The van der Waals surface area contributed by atoms with E-state index < -0.39 is 36.4 Å². The first-order chi connectivity index (χ1) is 19.5. The van der Waals surface area contributed by atoms with Crippen molar-refractivity contribution >= 4 is 17.9 Å². The average molecular weight is 641 g/mol. The van der Waals surface area contributed by atoms with Gasteiger partial charge in [0.2, 0.25) is 0 Å². The highest BCUT2D eigenvalue weighted by Gasteiger charge is 2.39. The summed E-state index contributed by atoms with van der Waals surface area (Å²) in [4.78, 5) is 36.1. The number of halogens is 9. The lowest BCUT2D eigenvalue weighted by molar-refractivity contribution is -0.193. The zero-order valence-electron chi connectivity index (χ0n) is 22.7. The van der Waals surface area contributed by atoms with Gasteiger partial charge in [0, 0.05) is 44.6 Å². The summed E-state index contributed by atoms with van der Waals surface area (Å²) in [5.41, 5.74) is 2.46. The van der Waals surface area contributed by atoms with Gasteiger partial charge in [-0.25, -0.2) is 14.4 Å². The lowest BCUT2D eigenvalue weighted by Gasteiger charge is -2.31. The third kappa shape index (κ3) is 15.7. The standard InChI is InChI=1S/C17H25N5.3C2HF3O2/c1-20(2)16-7-9-22(13-15-6-4-5-8-18-15)17(16)10-14-11-19-21(3)12-14;3*3-2(4,5)1(6)7/h4-6,8,11-12,16-17H,7,9-10,13H2,1-3H3;3*(H,6,7)/t16-,17+;;;/m1.../s1. The van der Waals surface area contributed by atoms with Crippen LogP contribution in [0.15, 0.2) is 36.8 Å². The molecule has 20 heteroatoms. The minimum absolute atomic E-state index is 0.515. The third-order valence-electron chi connectivity index (χ3n) is 5.31. The fourth-order valence-corrected chi connectivity index (χ4v) is 3.48. The molecule has 0 aromatic carbocycles. The van der Waals surface area contributed by atoms with Gasteiger partial charge in [-0.05, 0) is 44.6 Å². The molecule has 1 saturated heterocycles. The first-order valence-electron chi connectivity index (χ1n) is 11.6. The van der Waals surface area contributed by atoms with Crippen molar-refractivity contribution in [3.05, 3.63) is 48.0 Å². The van der Waals surface area contributed by atoms with E-state index in [9.17, 15) is 39.5 Å². The van der Waals surface area contributed by atoms with Crippen molar-refractivity contribution in [1.29, 1.82) is 0 Å². The van der Waals surface area contributed by atoms with E-state index in [2.05, 4.69) is 52.3 Å². The van der Waals surface area contributed by atoms with Crippen LogP contribution in [0.3, 0.4) is 0 Å². The lowest BCUT2D eigenvalue weighted by atomic mass is 10.0. The molecule has 0 saturated carbocycles. The maximum Gasteiger partial charge on any atom is 0.490 e. The fraction of sp³-hybridized carbons (Fsp3) is 0.522. The van der Waals surface area contributed by atoms with Gasteiger partial charge >= 0.3 is 36.4 Å². The predicted molar refractivity (Wildman–Crippen MR) is 129 cm³/mol. The summed E-state index contributed by atoms with van der Waals surface area (Å²) in [5.74, 6) is -8.27. The molecule has 1 aliphatic rings. The number of likely N-dealkylation sites (tertiary alicyclic amines) is 1. The molecule has 11 nitrogen and oxygen atoms in total. The number of carboxylic acids is 3. The normalized spacial score (nSPS) is 17.0. The molecule has 0 amide bonds. The minimum Gasteiger partial charge on any atom is -0.475 e. The summed E-state index contributed by atoms with van der Waals surface area (Å²) in [5, 5.41) is 25.7. The SMILES string of the molecule is CN(C)[C@@H]1CCN(Cc2ccccn2)[C@H]1Cc1cnn(C)c1.O=C(O)C(F)(F)F.O=C(O)C(F)(F)F.O=C(O)C(F)(F)F. The predicted octanol–water partition coefficient (Wildman–Crippen LogP) is 3.46. The molecule has 3 rings (SSSR count). The fourth-order valence-electron chi connectivity index (χ4n) is 3.48. The second kappa shape index (κ2) is 16.6. The van der Waals surface area contributed by atoms with Crippen LogP contribution in [0.25, 0.3) is 0 Å². The van der Waals surface area contributed by atoms with E-state index in [1.165, 1.54) is 12.0 Å². The van der Waals surface area contributed by atoms with Crippen molar-refractivity contribution in [1.82, 2.24) is 24.6 Å². The van der Waals surface area contributed by atoms with Crippen molar-refractivity contribution < 1.29 is 69.2 Å². The molecule has 3 heterocycles. The molecule has 1 fully saturated rings. The van der Waals surface area contributed by atoms with Crippen LogP contribution in [0.1, 0.15) is 17.7 Å². The maximum atomic E-state index is 10.6. The summed E-state index contributed by atoms with van der Waals surface area (Å²) in [6, 6.07) is 7.26. The Balaban J connectivity index is 0.000000690. The third-order valence-corrected chi connectivity index (χ3v) is 5.31. The van der Waals surface area contributed by atoms with Crippen molar-refractivity contribution in [3.63, 3.8) is 0 Å². The molecule has 0 bridgehead atoms. The number of carbonyl (C=O) groups is 3. The maximum absolute atomic E-state index is 10.6. The van der Waals surface area contributed by atoms with Crippen LogP contribution in [0.4, 0.5) is 39.5 Å².